The van der Waals surface area contributed by atoms with Gasteiger partial charge in [0, 0.05) is 18.3 Å². The zero-order valence-corrected chi connectivity index (χ0v) is 11.2. The molecule has 0 unspecified atom stereocenters. The van der Waals surface area contributed by atoms with E-state index in [1.165, 1.54) is 12.1 Å². The summed E-state index contributed by atoms with van der Waals surface area (Å²) in [5.41, 5.74) is 1.98. The summed E-state index contributed by atoms with van der Waals surface area (Å²) in [7, 11) is 0. The van der Waals surface area contributed by atoms with E-state index in [0.717, 1.165) is 11.8 Å². The van der Waals surface area contributed by atoms with Gasteiger partial charge in [-0.2, -0.15) is 0 Å². The maximum absolute atomic E-state index is 13.0. The second kappa shape index (κ2) is 6.43. The molecular formula is C15H16F2N2O. The number of nitrogens with one attached hydrogen (secondary N) is 1. The smallest absolute Gasteiger partial charge is 0.138 e. The van der Waals surface area contributed by atoms with Crippen molar-refractivity contribution >= 4 is 0 Å². The molecule has 0 fully saturated rings. The molecule has 2 aromatic rings. The number of aromatic nitrogens is 1. The molecule has 0 aliphatic rings. The van der Waals surface area contributed by atoms with Crippen molar-refractivity contribution in [3.63, 3.8) is 0 Å². The first kappa shape index (κ1) is 14.4. The van der Waals surface area contributed by atoms with Crippen LogP contribution < -0.4 is 5.32 Å². The summed E-state index contributed by atoms with van der Waals surface area (Å²) in [5, 5.41) is 12.7. The Kier molecular flexibility index (Phi) is 4.63. The summed E-state index contributed by atoms with van der Waals surface area (Å²) in [6.07, 6.45) is 0.501. The third-order valence-corrected chi connectivity index (χ3v) is 2.89. The van der Waals surface area contributed by atoms with E-state index < -0.39 is 11.6 Å². The molecule has 2 N–H and O–H groups in total. The van der Waals surface area contributed by atoms with Crippen molar-refractivity contribution in [2.75, 3.05) is 6.54 Å². The lowest BCUT2D eigenvalue weighted by Gasteiger charge is -2.07. The minimum Gasteiger partial charge on any atom is -0.506 e. The van der Waals surface area contributed by atoms with Gasteiger partial charge in [0.25, 0.3) is 0 Å². The number of aryl methyl sites for hydroxylation is 1. The zero-order chi connectivity index (χ0) is 14.5. The van der Waals surface area contributed by atoms with Crippen molar-refractivity contribution in [2.24, 2.45) is 0 Å². The molecule has 0 amide bonds. The van der Waals surface area contributed by atoms with Crippen molar-refractivity contribution in [3.8, 4) is 5.75 Å². The number of pyridine rings is 1. The van der Waals surface area contributed by atoms with Gasteiger partial charge in [0.1, 0.15) is 17.4 Å². The molecule has 0 bridgehead atoms. The minimum absolute atomic E-state index is 0.139. The van der Waals surface area contributed by atoms with Gasteiger partial charge in [-0.1, -0.05) is 0 Å². The Balaban J connectivity index is 1.86. The van der Waals surface area contributed by atoms with Crippen molar-refractivity contribution in [3.05, 3.63) is 58.9 Å². The SMILES string of the molecule is Cc1ccc(O)c(CNCCc2cc(F)cc(F)c2)n1. The van der Waals surface area contributed by atoms with E-state index in [1.54, 1.807) is 12.1 Å². The molecule has 3 nitrogen and oxygen atoms in total. The maximum atomic E-state index is 13.0. The van der Waals surface area contributed by atoms with Gasteiger partial charge in [-0.05, 0) is 49.7 Å². The first-order valence-corrected chi connectivity index (χ1v) is 6.36. The Morgan fingerprint density at radius 1 is 1.15 bits per heavy atom. The standard InChI is InChI=1S/C15H16F2N2O/c1-10-2-3-15(20)14(19-10)9-18-5-4-11-6-12(16)8-13(17)7-11/h2-3,6-8,18,20H,4-5,9H2,1H3. The van der Waals surface area contributed by atoms with Gasteiger partial charge in [-0.15, -0.1) is 0 Å². The molecule has 0 saturated carbocycles. The largest absolute Gasteiger partial charge is 0.506 e. The molecule has 20 heavy (non-hydrogen) atoms. The molecule has 1 aromatic carbocycles. The van der Waals surface area contributed by atoms with E-state index in [0.29, 0.717) is 30.8 Å². The first-order chi connectivity index (χ1) is 9.54. The van der Waals surface area contributed by atoms with Crippen LogP contribution in [0.5, 0.6) is 5.75 Å². The number of aromatic hydroxyl groups is 1. The van der Waals surface area contributed by atoms with E-state index in [4.69, 9.17) is 0 Å². The number of hydrogen-bond donors (Lipinski definition) is 2. The van der Waals surface area contributed by atoms with Gasteiger partial charge < -0.3 is 10.4 Å². The topological polar surface area (TPSA) is 45.1 Å². The highest BCUT2D eigenvalue weighted by Gasteiger charge is 2.04. The summed E-state index contributed by atoms with van der Waals surface area (Å²) in [6.45, 7) is 2.79. The van der Waals surface area contributed by atoms with Crippen LogP contribution in [0, 0.1) is 18.6 Å². The molecule has 0 atom stereocenters. The average Bonchev–Trinajstić information content (AvgIpc) is 2.37. The highest BCUT2D eigenvalue weighted by molar-refractivity contribution is 5.27. The summed E-state index contributed by atoms with van der Waals surface area (Å²) < 4.78 is 26.0. The number of benzene rings is 1. The third-order valence-electron chi connectivity index (χ3n) is 2.89. The lowest BCUT2D eigenvalue weighted by molar-refractivity contribution is 0.459. The van der Waals surface area contributed by atoms with Crippen molar-refractivity contribution in [1.82, 2.24) is 10.3 Å². The molecule has 0 aliphatic carbocycles. The Hall–Kier alpha value is -2.01. The molecule has 5 heteroatoms. The van der Waals surface area contributed by atoms with Crippen molar-refractivity contribution in [2.45, 2.75) is 19.9 Å². The Bertz CT molecular complexity index is 582. The van der Waals surface area contributed by atoms with Crippen LogP contribution in [0.25, 0.3) is 0 Å². The van der Waals surface area contributed by atoms with Crippen LogP contribution in [0.15, 0.2) is 30.3 Å². The van der Waals surface area contributed by atoms with Gasteiger partial charge >= 0.3 is 0 Å². The average molecular weight is 278 g/mol. The fraction of sp³-hybridized carbons (Fsp3) is 0.267. The number of hydrogen-bond acceptors (Lipinski definition) is 3. The lowest BCUT2D eigenvalue weighted by atomic mass is 10.1. The van der Waals surface area contributed by atoms with Crippen LogP contribution in [0.2, 0.25) is 0 Å². The highest BCUT2D eigenvalue weighted by Crippen LogP contribution is 2.14. The fourth-order valence-corrected chi connectivity index (χ4v) is 1.93. The highest BCUT2D eigenvalue weighted by atomic mass is 19.1. The fourth-order valence-electron chi connectivity index (χ4n) is 1.93. The van der Waals surface area contributed by atoms with E-state index in [2.05, 4.69) is 10.3 Å². The van der Waals surface area contributed by atoms with Crippen LogP contribution in [0.1, 0.15) is 17.0 Å². The molecule has 0 spiro atoms. The number of halogens is 2. The summed E-state index contributed by atoms with van der Waals surface area (Å²) in [4.78, 5) is 4.21. The Morgan fingerprint density at radius 3 is 2.55 bits per heavy atom. The molecular weight excluding hydrogens is 262 g/mol. The van der Waals surface area contributed by atoms with Crippen LogP contribution in [-0.2, 0) is 13.0 Å². The van der Waals surface area contributed by atoms with Gasteiger partial charge in [0.15, 0.2) is 0 Å². The van der Waals surface area contributed by atoms with Gasteiger partial charge in [0.05, 0.1) is 5.69 Å². The van der Waals surface area contributed by atoms with Gasteiger partial charge in [-0.25, -0.2) is 8.78 Å². The lowest BCUT2D eigenvalue weighted by Crippen LogP contribution is -2.17. The quantitative estimate of drug-likeness (QED) is 0.827. The molecule has 1 heterocycles. The van der Waals surface area contributed by atoms with Crippen LogP contribution in [0.4, 0.5) is 8.78 Å². The third kappa shape index (κ3) is 3.99. The molecule has 2 rings (SSSR count). The van der Waals surface area contributed by atoms with Crippen molar-refractivity contribution in [1.29, 1.82) is 0 Å². The van der Waals surface area contributed by atoms with Crippen LogP contribution in [0.3, 0.4) is 0 Å². The molecule has 1 aromatic heterocycles. The Morgan fingerprint density at radius 2 is 1.85 bits per heavy atom. The summed E-state index contributed by atoms with van der Waals surface area (Å²) >= 11 is 0. The number of nitrogens with zero attached hydrogens (tertiary/aromatic N) is 1. The zero-order valence-electron chi connectivity index (χ0n) is 11.2. The molecule has 0 saturated heterocycles. The molecule has 0 radical (unpaired) electrons. The van der Waals surface area contributed by atoms with Crippen molar-refractivity contribution < 1.29 is 13.9 Å². The Labute approximate surface area is 116 Å². The van der Waals surface area contributed by atoms with E-state index in [-0.39, 0.29) is 5.75 Å². The normalized spacial score (nSPS) is 10.8. The van der Waals surface area contributed by atoms with Crippen LogP contribution in [-0.4, -0.2) is 16.6 Å². The second-order valence-electron chi connectivity index (χ2n) is 4.62. The van der Waals surface area contributed by atoms with Gasteiger partial charge in [0.2, 0.25) is 0 Å². The maximum Gasteiger partial charge on any atom is 0.138 e. The van der Waals surface area contributed by atoms with Gasteiger partial charge in [-0.3, -0.25) is 4.98 Å². The predicted molar refractivity (Wildman–Crippen MR) is 72.4 cm³/mol. The van der Waals surface area contributed by atoms with E-state index >= 15 is 0 Å². The molecule has 106 valence electrons. The van der Waals surface area contributed by atoms with E-state index in [9.17, 15) is 13.9 Å². The second-order valence-corrected chi connectivity index (χ2v) is 4.62. The van der Waals surface area contributed by atoms with E-state index in [1.807, 2.05) is 6.92 Å². The summed E-state index contributed by atoms with van der Waals surface area (Å²) in [6, 6.07) is 6.81. The summed E-state index contributed by atoms with van der Waals surface area (Å²) in [5.74, 6) is -1.00. The first-order valence-electron chi connectivity index (χ1n) is 6.36. The molecule has 0 aliphatic heterocycles. The number of rotatable bonds is 5. The predicted octanol–water partition coefficient (Wildman–Crippen LogP) is 2.71. The monoisotopic (exact) mass is 278 g/mol. The van der Waals surface area contributed by atoms with Crippen LogP contribution >= 0.6 is 0 Å². The minimum atomic E-state index is -0.571.